The lowest BCUT2D eigenvalue weighted by molar-refractivity contribution is -0.145. The van der Waals surface area contributed by atoms with E-state index in [-0.39, 0.29) is 24.7 Å². The van der Waals surface area contributed by atoms with Gasteiger partial charge in [-0.2, -0.15) is 0 Å². The minimum Gasteiger partial charge on any atom is -0.462 e. The second-order valence-corrected chi connectivity index (χ2v) is 14.4. The third kappa shape index (κ3) is 11.8. The van der Waals surface area contributed by atoms with Crippen molar-refractivity contribution in [3.05, 3.63) is 59.7 Å². The maximum Gasteiger partial charge on any atom is 0.336 e. The molecule has 1 aromatic rings. The van der Waals surface area contributed by atoms with Gasteiger partial charge in [0, 0.05) is 11.5 Å². The molecule has 0 heterocycles. The van der Waals surface area contributed by atoms with E-state index in [4.69, 9.17) is 9.47 Å². The summed E-state index contributed by atoms with van der Waals surface area (Å²) in [5.74, 6) is 2.37. The van der Waals surface area contributed by atoms with E-state index < -0.39 is 17.5 Å². The number of benzene rings is 1. The summed E-state index contributed by atoms with van der Waals surface area (Å²) in [4.78, 5) is 24.3. The highest BCUT2D eigenvalue weighted by Gasteiger charge is 2.31. The first kappa shape index (κ1) is 36.1. The molecular weight excluding hydrogens is 548 g/mol. The zero-order valence-electron chi connectivity index (χ0n) is 28.2. The molecule has 2 aliphatic carbocycles. The molecule has 2 fully saturated rings. The monoisotopic (exact) mass is 608 g/mol. The Morgan fingerprint density at radius 1 is 0.864 bits per heavy atom. The van der Waals surface area contributed by atoms with Gasteiger partial charge in [-0.1, -0.05) is 82.9 Å². The molecule has 0 spiro atoms. The molecule has 0 aromatic heterocycles. The van der Waals surface area contributed by atoms with E-state index in [9.17, 15) is 14.7 Å². The molecule has 3 rings (SSSR count). The van der Waals surface area contributed by atoms with Crippen LogP contribution in [0.15, 0.2) is 48.6 Å². The van der Waals surface area contributed by atoms with E-state index >= 15 is 0 Å². The van der Waals surface area contributed by atoms with Gasteiger partial charge in [-0.3, -0.25) is 0 Å². The highest BCUT2D eigenvalue weighted by atomic mass is 16.5. The predicted octanol–water partition coefficient (Wildman–Crippen LogP) is 9.28. The molecule has 5 heteroatoms. The van der Waals surface area contributed by atoms with Gasteiger partial charge in [0.25, 0.3) is 0 Å². The van der Waals surface area contributed by atoms with Crippen molar-refractivity contribution in [3.8, 4) is 0 Å². The molecule has 44 heavy (non-hydrogen) atoms. The van der Waals surface area contributed by atoms with Crippen LogP contribution in [-0.2, 0) is 25.5 Å². The lowest BCUT2D eigenvalue weighted by Crippen LogP contribution is -2.30. The zero-order valence-corrected chi connectivity index (χ0v) is 28.2. The standard InChI is InChI=1S/C39H60O5/c1-7-8-9-11-30-14-18-33(19-15-30)35-22-24-36(25-23-35)34-20-16-31(17-21-34)12-10-13-32(26-43-37(40)28(2)3)27-44-38(41)29(4)39(5,6)42/h16-17,20-21,30,32-33,35-36,42H,2,4,7-15,18-19,22-27H2,1,3,5-6H3. The van der Waals surface area contributed by atoms with Crippen molar-refractivity contribution < 1.29 is 24.2 Å². The quantitative estimate of drug-likeness (QED) is 0.108. The number of carbonyl (C=O) groups excluding carboxylic acids is 2. The van der Waals surface area contributed by atoms with Gasteiger partial charge in [0.1, 0.15) is 0 Å². The minimum atomic E-state index is -1.35. The van der Waals surface area contributed by atoms with Gasteiger partial charge < -0.3 is 14.6 Å². The largest absolute Gasteiger partial charge is 0.462 e. The Hall–Kier alpha value is -2.40. The second kappa shape index (κ2) is 17.9. The molecule has 2 saturated carbocycles. The van der Waals surface area contributed by atoms with Gasteiger partial charge in [-0.25, -0.2) is 9.59 Å². The van der Waals surface area contributed by atoms with Crippen molar-refractivity contribution in [2.45, 2.75) is 136 Å². The normalized spacial score (nSPS) is 23.0. The lowest BCUT2D eigenvalue weighted by atomic mass is 9.68. The van der Waals surface area contributed by atoms with Gasteiger partial charge in [-0.05, 0) is 113 Å². The Balaban J connectivity index is 1.42. The third-order valence-corrected chi connectivity index (χ3v) is 10.3. The van der Waals surface area contributed by atoms with Crippen LogP contribution < -0.4 is 0 Å². The van der Waals surface area contributed by atoms with E-state index in [2.05, 4.69) is 44.3 Å². The van der Waals surface area contributed by atoms with Gasteiger partial charge in [0.05, 0.1) is 24.4 Å². The molecule has 1 aromatic carbocycles. The maximum absolute atomic E-state index is 12.3. The lowest BCUT2D eigenvalue weighted by Gasteiger charge is -2.38. The van der Waals surface area contributed by atoms with E-state index in [1.165, 1.54) is 102 Å². The number of hydrogen-bond acceptors (Lipinski definition) is 5. The van der Waals surface area contributed by atoms with E-state index in [1.54, 1.807) is 6.92 Å². The van der Waals surface area contributed by atoms with Gasteiger partial charge in [0.2, 0.25) is 0 Å². The van der Waals surface area contributed by atoms with Crippen molar-refractivity contribution in [3.63, 3.8) is 0 Å². The summed E-state index contributed by atoms with van der Waals surface area (Å²) >= 11 is 0. The zero-order chi connectivity index (χ0) is 32.1. The Kier molecular flexibility index (Phi) is 14.7. The summed E-state index contributed by atoms with van der Waals surface area (Å²) < 4.78 is 10.8. The predicted molar refractivity (Wildman–Crippen MR) is 179 cm³/mol. The third-order valence-electron chi connectivity index (χ3n) is 10.3. The molecule has 5 nitrogen and oxygen atoms in total. The fourth-order valence-electron chi connectivity index (χ4n) is 7.17. The van der Waals surface area contributed by atoms with E-state index in [0.29, 0.717) is 11.5 Å². The first-order chi connectivity index (χ1) is 21.0. The number of rotatable bonds is 17. The van der Waals surface area contributed by atoms with Crippen LogP contribution in [0.5, 0.6) is 0 Å². The van der Waals surface area contributed by atoms with Crippen LogP contribution in [0.1, 0.15) is 135 Å². The van der Waals surface area contributed by atoms with Crippen molar-refractivity contribution in [1.82, 2.24) is 0 Å². The van der Waals surface area contributed by atoms with Crippen LogP contribution in [0.3, 0.4) is 0 Å². The van der Waals surface area contributed by atoms with Gasteiger partial charge >= 0.3 is 11.9 Å². The number of carbonyl (C=O) groups is 2. The van der Waals surface area contributed by atoms with Crippen molar-refractivity contribution >= 4 is 11.9 Å². The molecule has 0 saturated heterocycles. The molecule has 0 bridgehead atoms. The smallest absolute Gasteiger partial charge is 0.336 e. The fraction of sp³-hybridized carbons (Fsp3) is 0.692. The molecule has 1 N–H and O–H groups in total. The summed E-state index contributed by atoms with van der Waals surface area (Å²) in [6, 6.07) is 9.20. The number of aryl methyl sites for hydroxylation is 1. The number of aliphatic hydroxyl groups is 1. The molecule has 2 aliphatic rings. The van der Waals surface area contributed by atoms with Gasteiger partial charge in [-0.15, -0.1) is 0 Å². The Morgan fingerprint density at radius 3 is 1.98 bits per heavy atom. The number of unbranched alkanes of at least 4 members (excludes halogenated alkanes) is 2. The van der Waals surface area contributed by atoms with E-state index in [1.807, 2.05) is 0 Å². The molecule has 1 atom stereocenters. The van der Waals surface area contributed by atoms with Crippen LogP contribution in [0.25, 0.3) is 0 Å². The Bertz CT molecular complexity index is 1050. The second-order valence-electron chi connectivity index (χ2n) is 14.4. The van der Waals surface area contributed by atoms with Crippen LogP contribution >= 0.6 is 0 Å². The Labute approximate surface area is 267 Å². The average molecular weight is 609 g/mol. The van der Waals surface area contributed by atoms with Crippen molar-refractivity contribution in [2.75, 3.05) is 13.2 Å². The van der Waals surface area contributed by atoms with Crippen LogP contribution in [0.2, 0.25) is 0 Å². The van der Waals surface area contributed by atoms with Crippen LogP contribution in [-0.4, -0.2) is 35.9 Å². The first-order valence-corrected chi connectivity index (χ1v) is 17.5. The van der Waals surface area contributed by atoms with E-state index in [0.717, 1.165) is 37.0 Å². The summed E-state index contributed by atoms with van der Waals surface area (Å²) in [7, 11) is 0. The fourth-order valence-corrected chi connectivity index (χ4v) is 7.17. The number of esters is 2. The molecular formula is C39H60O5. The topological polar surface area (TPSA) is 72.8 Å². The summed E-state index contributed by atoms with van der Waals surface area (Å²) in [6.45, 7) is 14.5. The average Bonchev–Trinajstić information content (AvgIpc) is 3.01. The van der Waals surface area contributed by atoms with Crippen molar-refractivity contribution in [2.24, 2.45) is 23.7 Å². The maximum atomic E-state index is 12.3. The van der Waals surface area contributed by atoms with Crippen molar-refractivity contribution in [1.29, 1.82) is 0 Å². The number of ether oxygens (including phenoxy) is 2. The van der Waals surface area contributed by atoms with Crippen LogP contribution in [0, 0.1) is 23.7 Å². The highest BCUT2D eigenvalue weighted by molar-refractivity contribution is 5.89. The minimum absolute atomic E-state index is 0.00375. The Morgan fingerprint density at radius 2 is 1.43 bits per heavy atom. The summed E-state index contributed by atoms with van der Waals surface area (Å²) in [6.07, 6.45) is 19.5. The molecule has 246 valence electrons. The highest BCUT2D eigenvalue weighted by Crippen LogP contribution is 2.44. The molecule has 1 unspecified atom stereocenters. The van der Waals surface area contributed by atoms with Crippen LogP contribution in [0.4, 0.5) is 0 Å². The first-order valence-electron chi connectivity index (χ1n) is 17.5. The summed E-state index contributed by atoms with van der Waals surface area (Å²) in [5, 5.41) is 10.1. The SMILES string of the molecule is C=C(C)C(=O)OCC(CCCc1ccc(C2CCC(C3CCC(CCCCC)CC3)CC2)cc1)COC(=O)C(=C)C(C)(C)O. The summed E-state index contributed by atoms with van der Waals surface area (Å²) in [5.41, 5.74) is 1.77. The molecule has 0 aliphatic heterocycles. The molecule has 0 radical (unpaired) electrons. The molecule has 0 amide bonds. The van der Waals surface area contributed by atoms with Gasteiger partial charge in [0.15, 0.2) is 0 Å². The number of hydrogen-bond donors (Lipinski definition) is 1.